The lowest BCUT2D eigenvalue weighted by molar-refractivity contribution is -0.104. The number of aldehydes is 1. The molecule has 0 atom stereocenters. The van der Waals surface area contributed by atoms with Crippen LogP contribution in [0.1, 0.15) is 5.56 Å². The van der Waals surface area contributed by atoms with Crippen molar-refractivity contribution < 1.29 is 4.79 Å². The minimum absolute atomic E-state index is 0.773. The number of carbonyl (C=O) groups excluding carboxylic acids is 1. The zero-order valence-corrected chi connectivity index (χ0v) is 7.55. The lowest BCUT2D eigenvalue weighted by Crippen LogP contribution is -1.80. The van der Waals surface area contributed by atoms with E-state index in [0.29, 0.717) is 0 Å². The first kappa shape index (κ1) is 8.63. The standard InChI is InChI=1S/C12H9NO/c14-9-3-5-10-4-1-7-12-11(10)6-2-8-13-12/h1-9H. The molecular weight excluding hydrogens is 174 g/mol. The Morgan fingerprint density at radius 2 is 2.07 bits per heavy atom. The van der Waals surface area contributed by atoms with E-state index in [2.05, 4.69) is 4.98 Å². The Labute approximate surface area is 81.9 Å². The molecule has 14 heavy (non-hydrogen) atoms. The van der Waals surface area contributed by atoms with Crippen molar-refractivity contribution in [2.24, 2.45) is 0 Å². The van der Waals surface area contributed by atoms with Gasteiger partial charge >= 0.3 is 0 Å². The first-order valence-electron chi connectivity index (χ1n) is 4.37. The fourth-order valence-corrected chi connectivity index (χ4v) is 1.42. The number of hydrogen-bond acceptors (Lipinski definition) is 2. The highest BCUT2D eigenvalue weighted by Crippen LogP contribution is 2.17. The smallest absolute Gasteiger partial charge is 0.142 e. The molecule has 2 nitrogen and oxygen atoms in total. The molecule has 68 valence electrons. The molecular formula is C12H9NO. The Kier molecular flexibility index (Phi) is 2.36. The van der Waals surface area contributed by atoms with Crippen molar-refractivity contribution in [2.45, 2.75) is 0 Å². The molecule has 0 unspecified atom stereocenters. The molecule has 0 aliphatic rings. The number of carbonyl (C=O) groups is 1. The minimum Gasteiger partial charge on any atom is -0.299 e. The van der Waals surface area contributed by atoms with E-state index in [9.17, 15) is 4.79 Å². The Bertz CT molecular complexity index is 483. The minimum atomic E-state index is 0.773. The van der Waals surface area contributed by atoms with E-state index < -0.39 is 0 Å². The average Bonchev–Trinajstić information content (AvgIpc) is 2.26. The summed E-state index contributed by atoms with van der Waals surface area (Å²) < 4.78 is 0. The van der Waals surface area contributed by atoms with Crippen LogP contribution in [0, 0.1) is 0 Å². The molecule has 1 aromatic carbocycles. The van der Waals surface area contributed by atoms with Gasteiger partial charge in [0.05, 0.1) is 5.52 Å². The predicted molar refractivity (Wildman–Crippen MR) is 56.8 cm³/mol. The van der Waals surface area contributed by atoms with Gasteiger partial charge < -0.3 is 0 Å². The van der Waals surface area contributed by atoms with Crippen LogP contribution in [0.5, 0.6) is 0 Å². The average molecular weight is 183 g/mol. The van der Waals surface area contributed by atoms with E-state index in [-0.39, 0.29) is 0 Å². The predicted octanol–water partition coefficient (Wildman–Crippen LogP) is 2.45. The Morgan fingerprint density at radius 1 is 1.14 bits per heavy atom. The van der Waals surface area contributed by atoms with E-state index in [1.165, 1.54) is 6.08 Å². The summed E-state index contributed by atoms with van der Waals surface area (Å²) in [5.41, 5.74) is 1.96. The number of rotatable bonds is 2. The van der Waals surface area contributed by atoms with Crippen molar-refractivity contribution in [1.29, 1.82) is 0 Å². The van der Waals surface area contributed by atoms with E-state index in [1.807, 2.05) is 30.3 Å². The van der Waals surface area contributed by atoms with Crippen LogP contribution in [0.4, 0.5) is 0 Å². The summed E-state index contributed by atoms with van der Waals surface area (Å²) in [6.45, 7) is 0. The third-order valence-electron chi connectivity index (χ3n) is 2.03. The first-order valence-corrected chi connectivity index (χ1v) is 4.37. The number of fused-ring (bicyclic) bond motifs is 1. The summed E-state index contributed by atoms with van der Waals surface area (Å²) >= 11 is 0. The third-order valence-corrected chi connectivity index (χ3v) is 2.03. The van der Waals surface area contributed by atoms with Crippen molar-refractivity contribution in [2.75, 3.05) is 0 Å². The van der Waals surface area contributed by atoms with Crippen LogP contribution in [0.25, 0.3) is 17.0 Å². The molecule has 1 aromatic heterocycles. The Balaban J connectivity index is 2.64. The van der Waals surface area contributed by atoms with Gasteiger partial charge in [0.15, 0.2) is 0 Å². The summed E-state index contributed by atoms with van der Waals surface area (Å²) in [6.07, 6.45) is 5.81. The largest absolute Gasteiger partial charge is 0.299 e. The summed E-state index contributed by atoms with van der Waals surface area (Å²) in [4.78, 5) is 14.4. The SMILES string of the molecule is O=CC=Cc1cccc2ncccc12. The maximum atomic E-state index is 10.2. The van der Waals surface area contributed by atoms with Gasteiger partial charge in [-0.25, -0.2) is 0 Å². The topological polar surface area (TPSA) is 30.0 Å². The van der Waals surface area contributed by atoms with Crippen molar-refractivity contribution in [3.05, 3.63) is 48.2 Å². The van der Waals surface area contributed by atoms with Crippen molar-refractivity contribution in [3.8, 4) is 0 Å². The van der Waals surface area contributed by atoms with Crippen molar-refractivity contribution >= 4 is 23.3 Å². The van der Waals surface area contributed by atoms with Crippen LogP contribution in [-0.4, -0.2) is 11.3 Å². The summed E-state index contributed by atoms with van der Waals surface area (Å²) in [6, 6.07) is 9.73. The quantitative estimate of drug-likeness (QED) is 0.528. The molecule has 0 fully saturated rings. The van der Waals surface area contributed by atoms with Crippen LogP contribution in [0.15, 0.2) is 42.6 Å². The van der Waals surface area contributed by atoms with Gasteiger partial charge in [-0.05, 0) is 23.8 Å². The molecule has 1 heterocycles. The second kappa shape index (κ2) is 3.83. The summed E-state index contributed by atoms with van der Waals surface area (Å²) in [5.74, 6) is 0. The number of benzene rings is 1. The van der Waals surface area contributed by atoms with Gasteiger partial charge in [-0.1, -0.05) is 24.3 Å². The molecule has 0 saturated heterocycles. The summed E-state index contributed by atoms with van der Waals surface area (Å²) in [5, 5.41) is 1.06. The fraction of sp³-hybridized carbons (Fsp3) is 0. The number of nitrogens with zero attached hydrogens (tertiary/aromatic N) is 1. The maximum Gasteiger partial charge on any atom is 0.142 e. The van der Waals surface area contributed by atoms with Gasteiger partial charge in [0.2, 0.25) is 0 Å². The van der Waals surface area contributed by atoms with Gasteiger partial charge in [0.1, 0.15) is 6.29 Å². The van der Waals surface area contributed by atoms with E-state index in [1.54, 1.807) is 12.3 Å². The monoisotopic (exact) mass is 183 g/mol. The molecule has 2 heteroatoms. The van der Waals surface area contributed by atoms with Gasteiger partial charge in [-0.15, -0.1) is 0 Å². The number of allylic oxidation sites excluding steroid dienone is 1. The lowest BCUT2D eigenvalue weighted by Gasteiger charge is -1.99. The molecule has 0 spiro atoms. The van der Waals surface area contributed by atoms with Crippen LogP contribution in [-0.2, 0) is 4.79 Å². The molecule has 2 aromatic rings. The second-order valence-electron chi connectivity index (χ2n) is 2.91. The maximum absolute atomic E-state index is 10.2. The molecule has 0 N–H and O–H groups in total. The molecule has 0 radical (unpaired) electrons. The van der Waals surface area contributed by atoms with Crippen LogP contribution in [0.2, 0.25) is 0 Å². The third kappa shape index (κ3) is 1.55. The first-order chi connectivity index (χ1) is 6.92. The normalized spacial score (nSPS) is 10.9. The molecule has 0 amide bonds. The van der Waals surface area contributed by atoms with Crippen LogP contribution < -0.4 is 0 Å². The second-order valence-corrected chi connectivity index (χ2v) is 2.91. The van der Waals surface area contributed by atoms with Crippen molar-refractivity contribution in [1.82, 2.24) is 4.98 Å². The van der Waals surface area contributed by atoms with E-state index in [0.717, 1.165) is 22.8 Å². The van der Waals surface area contributed by atoms with E-state index >= 15 is 0 Å². The Hall–Kier alpha value is -1.96. The van der Waals surface area contributed by atoms with Crippen molar-refractivity contribution in [3.63, 3.8) is 0 Å². The zero-order chi connectivity index (χ0) is 9.80. The van der Waals surface area contributed by atoms with Gasteiger partial charge in [0.25, 0.3) is 0 Å². The fourth-order valence-electron chi connectivity index (χ4n) is 1.42. The lowest BCUT2D eigenvalue weighted by atomic mass is 10.1. The highest BCUT2D eigenvalue weighted by Gasteiger charge is 1.96. The van der Waals surface area contributed by atoms with Crippen LogP contribution in [0.3, 0.4) is 0 Å². The molecule has 0 aliphatic heterocycles. The van der Waals surface area contributed by atoms with Gasteiger partial charge in [-0.3, -0.25) is 9.78 Å². The zero-order valence-electron chi connectivity index (χ0n) is 7.55. The molecule has 0 bridgehead atoms. The number of aromatic nitrogens is 1. The Morgan fingerprint density at radius 3 is 2.93 bits per heavy atom. The van der Waals surface area contributed by atoms with E-state index in [4.69, 9.17) is 0 Å². The molecule has 0 aliphatic carbocycles. The van der Waals surface area contributed by atoms with Gasteiger partial charge in [-0.2, -0.15) is 0 Å². The number of pyridine rings is 1. The molecule has 0 saturated carbocycles. The molecule has 2 rings (SSSR count). The number of hydrogen-bond donors (Lipinski definition) is 0. The van der Waals surface area contributed by atoms with Crippen LogP contribution >= 0.6 is 0 Å². The van der Waals surface area contributed by atoms with Gasteiger partial charge in [0, 0.05) is 11.6 Å². The highest BCUT2D eigenvalue weighted by atomic mass is 16.1. The highest BCUT2D eigenvalue weighted by molar-refractivity contribution is 5.89. The summed E-state index contributed by atoms with van der Waals surface area (Å²) in [7, 11) is 0.